The predicted octanol–water partition coefficient (Wildman–Crippen LogP) is 4.55. The maximum atomic E-state index is 13.0. The molecule has 0 saturated heterocycles. The molecule has 1 atom stereocenters. The van der Waals surface area contributed by atoms with E-state index in [1.54, 1.807) is 45.0 Å². The summed E-state index contributed by atoms with van der Waals surface area (Å²) < 4.78 is 5.08. The van der Waals surface area contributed by atoms with Crippen molar-refractivity contribution in [3.05, 3.63) is 88.2 Å². The largest absolute Gasteiger partial charge is 0.462 e. The minimum absolute atomic E-state index is 0.201. The molecule has 0 radical (unpaired) electrons. The third kappa shape index (κ3) is 4.88. The summed E-state index contributed by atoms with van der Waals surface area (Å²) in [5.41, 5.74) is 3.34. The number of para-hydroxylation sites is 1. The average Bonchev–Trinajstić information content (AvgIpc) is 3.08. The molecule has 7 nitrogen and oxygen atoms in total. The summed E-state index contributed by atoms with van der Waals surface area (Å²) in [4.78, 5) is 41.1. The number of carbonyl (C=O) groups is 3. The summed E-state index contributed by atoms with van der Waals surface area (Å²) >= 11 is 0. The lowest BCUT2D eigenvalue weighted by molar-refractivity contribution is 0.0524. The maximum absolute atomic E-state index is 13.0. The molecule has 3 rings (SSSR count). The number of carbonyl (C=O) groups excluding carboxylic acids is 3. The van der Waals surface area contributed by atoms with Crippen LogP contribution in [0.4, 0.5) is 5.69 Å². The van der Waals surface area contributed by atoms with Crippen LogP contribution in [0.15, 0.2) is 54.6 Å². The van der Waals surface area contributed by atoms with Gasteiger partial charge >= 0.3 is 5.97 Å². The summed E-state index contributed by atoms with van der Waals surface area (Å²) in [5, 5.41) is 5.75. The van der Waals surface area contributed by atoms with E-state index in [4.69, 9.17) is 4.74 Å². The number of benzene rings is 2. The van der Waals surface area contributed by atoms with E-state index in [0.717, 1.165) is 5.56 Å². The minimum atomic E-state index is -0.479. The van der Waals surface area contributed by atoms with Gasteiger partial charge < -0.3 is 20.4 Å². The van der Waals surface area contributed by atoms with Gasteiger partial charge in [0.2, 0.25) is 0 Å². The Morgan fingerprint density at radius 1 is 0.969 bits per heavy atom. The summed E-state index contributed by atoms with van der Waals surface area (Å²) in [6, 6.07) is 16.2. The number of nitrogens with one attached hydrogen (secondary N) is 3. The first-order chi connectivity index (χ1) is 15.3. The van der Waals surface area contributed by atoms with Crippen LogP contribution in [0.3, 0.4) is 0 Å². The lowest BCUT2D eigenvalue weighted by Crippen LogP contribution is -2.28. The van der Waals surface area contributed by atoms with Crippen LogP contribution in [0.25, 0.3) is 0 Å². The van der Waals surface area contributed by atoms with Crippen molar-refractivity contribution in [3.8, 4) is 0 Å². The summed E-state index contributed by atoms with van der Waals surface area (Å²) in [6.07, 6.45) is 0. The van der Waals surface area contributed by atoms with Crippen molar-refractivity contribution >= 4 is 23.5 Å². The van der Waals surface area contributed by atoms with Crippen LogP contribution >= 0.6 is 0 Å². The Balaban J connectivity index is 1.81. The van der Waals surface area contributed by atoms with E-state index >= 15 is 0 Å². The van der Waals surface area contributed by atoms with Crippen molar-refractivity contribution in [1.29, 1.82) is 0 Å². The third-order valence-corrected chi connectivity index (χ3v) is 5.21. The lowest BCUT2D eigenvalue weighted by Gasteiger charge is -2.16. The zero-order chi connectivity index (χ0) is 23.3. The van der Waals surface area contributed by atoms with Crippen LogP contribution in [0.1, 0.15) is 67.9 Å². The molecule has 7 heteroatoms. The van der Waals surface area contributed by atoms with Gasteiger partial charge in [0.25, 0.3) is 11.8 Å². The summed E-state index contributed by atoms with van der Waals surface area (Å²) in [7, 11) is 0. The van der Waals surface area contributed by atoms with Gasteiger partial charge in [-0.25, -0.2) is 4.79 Å². The number of aromatic amines is 1. The lowest BCUT2D eigenvalue weighted by atomic mass is 10.1. The number of H-pyrrole nitrogens is 1. The van der Waals surface area contributed by atoms with Crippen molar-refractivity contribution in [3.63, 3.8) is 0 Å². The van der Waals surface area contributed by atoms with Crippen molar-refractivity contribution in [1.82, 2.24) is 10.3 Å². The van der Waals surface area contributed by atoms with Crippen LogP contribution in [0.2, 0.25) is 0 Å². The van der Waals surface area contributed by atoms with Crippen molar-refractivity contribution in [2.24, 2.45) is 0 Å². The Morgan fingerprint density at radius 2 is 1.62 bits per heavy atom. The first-order valence-corrected chi connectivity index (χ1v) is 10.5. The number of rotatable bonds is 7. The SMILES string of the molecule is CCOC(=O)c1c(C)[nH]c(C(=O)Nc2ccccc2C(=O)N[C@H](C)c2ccccc2)c1C. The standard InChI is InChI=1S/C25H27N3O4/c1-5-32-25(31)21-15(2)22(26-17(21)4)24(30)28-20-14-10-9-13-19(20)23(29)27-16(3)18-11-7-6-8-12-18/h6-14,16,26H,5H2,1-4H3,(H,27,29)(H,28,30)/t16-/m1/s1. The molecular weight excluding hydrogens is 406 g/mol. The molecule has 2 aromatic carbocycles. The van der Waals surface area contributed by atoms with Crippen LogP contribution < -0.4 is 10.6 Å². The zero-order valence-corrected chi connectivity index (χ0v) is 18.6. The number of aryl methyl sites for hydroxylation is 1. The zero-order valence-electron chi connectivity index (χ0n) is 18.6. The quantitative estimate of drug-likeness (QED) is 0.476. The second kappa shape index (κ2) is 9.96. The van der Waals surface area contributed by atoms with Crippen molar-refractivity contribution in [2.45, 2.75) is 33.7 Å². The highest BCUT2D eigenvalue weighted by Crippen LogP contribution is 2.22. The van der Waals surface area contributed by atoms with Gasteiger partial charge in [0.1, 0.15) is 5.69 Å². The molecule has 0 saturated carbocycles. The van der Waals surface area contributed by atoms with E-state index in [9.17, 15) is 14.4 Å². The number of anilines is 1. The van der Waals surface area contributed by atoms with Gasteiger partial charge in [0, 0.05) is 5.69 Å². The number of amides is 2. The van der Waals surface area contributed by atoms with Gasteiger partial charge in [-0.1, -0.05) is 42.5 Å². The number of hydrogen-bond acceptors (Lipinski definition) is 4. The van der Waals surface area contributed by atoms with Crippen molar-refractivity contribution in [2.75, 3.05) is 11.9 Å². The van der Waals surface area contributed by atoms with Crippen molar-refractivity contribution < 1.29 is 19.1 Å². The smallest absolute Gasteiger partial charge is 0.340 e. The van der Waals surface area contributed by atoms with Crippen LogP contribution in [-0.4, -0.2) is 29.4 Å². The Kier molecular flexibility index (Phi) is 7.10. The van der Waals surface area contributed by atoms with Gasteiger partial charge in [0.05, 0.1) is 29.5 Å². The van der Waals surface area contributed by atoms with Gasteiger partial charge in [-0.05, 0) is 51.0 Å². The summed E-state index contributed by atoms with van der Waals surface area (Å²) in [5.74, 6) is -1.23. The van der Waals surface area contributed by atoms with E-state index in [0.29, 0.717) is 28.1 Å². The number of ether oxygens (including phenoxy) is 1. The van der Waals surface area contributed by atoms with Gasteiger partial charge in [-0.3, -0.25) is 9.59 Å². The monoisotopic (exact) mass is 433 g/mol. The fourth-order valence-corrected chi connectivity index (χ4v) is 3.56. The summed E-state index contributed by atoms with van der Waals surface area (Å²) in [6.45, 7) is 7.27. The maximum Gasteiger partial charge on any atom is 0.340 e. The molecule has 0 aliphatic rings. The first kappa shape index (κ1) is 22.8. The molecule has 0 spiro atoms. The number of aromatic nitrogens is 1. The predicted molar refractivity (Wildman–Crippen MR) is 123 cm³/mol. The molecule has 2 amide bonds. The topological polar surface area (TPSA) is 100 Å². The Morgan fingerprint density at radius 3 is 2.31 bits per heavy atom. The van der Waals surface area contributed by atoms with E-state index in [1.807, 2.05) is 37.3 Å². The molecule has 32 heavy (non-hydrogen) atoms. The normalized spacial score (nSPS) is 11.5. The first-order valence-electron chi connectivity index (χ1n) is 10.5. The Bertz CT molecular complexity index is 1140. The molecular formula is C25H27N3O4. The fourth-order valence-electron chi connectivity index (χ4n) is 3.56. The Hall–Kier alpha value is -3.87. The van der Waals surface area contributed by atoms with E-state index in [2.05, 4.69) is 15.6 Å². The molecule has 1 heterocycles. The fraction of sp³-hybridized carbons (Fsp3) is 0.240. The highest BCUT2D eigenvalue weighted by molar-refractivity contribution is 6.10. The van der Waals surface area contributed by atoms with Gasteiger partial charge in [-0.2, -0.15) is 0 Å². The van der Waals surface area contributed by atoms with E-state index in [1.165, 1.54) is 0 Å². The molecule has 1 aromatic heterocycles. The van der Waals surface area contributed by atoms with E-state index < -0.39 is 11.9 Å². The molecule has 3 aromatic rings. The van der Waals surface area contributed by atoms with E-state index in [-0.39, 0.29) is 24.2 Å². The minimum Gasteiger partial charge on any atom is -0.462 e. The molecule has 0 aliphatic carbocycles. The van der Waals surface area contributed by atoms with Crippen LogP contribution in [0, 0.1) is 13.8 Å². The second-order valence-electron chi connectivity index (χ2n) is 7.45. The van der Waals surface area contributed by atoms with Crippen LogP contribution in [0.5, 0.6) is 0 Å². The number of hydrogen-bond donors (Lipinski definition) is 3. The Labute approximate surface area is 187 Å². The second-order valence-corrected chi connectivity index (χ2v) is 7.45. The van der Waals surface area contributed by atoms with Crippen LogP contribution in [-0.2, 0) is 4.74 Å². The molecule has 3 N–H and O–H groups in total. The van der Waals surface area contributed by atoms with Gasteiger partial charge in [-0.15, -0.1) is 0 Å². The highest BCUT2D eigenvalue weighted by Gasteiger charge is 2.24. The molecule has 166 valence electrons. The molecule has 0 fully saturated rings. The third-order valence-electron chi connectivity index (χ3n) is 5.21. The molecule has 0 aliphatic heterocycles. The highest BCUT2D eigenvalue weighted by atomic mass is 16.5. The molecule has 0 bridgehead atoms. The molecule has 0 unspecified atom stereocenters. The van der Waals surface area contributed by atoms with Gasteiger partial charge in [0.15, 0.2) is 0 Å². The average molecular weight is 434 g/mol. The number of esters is 1.